The smallest absolute Gasteiger partial charge is 0.203 e. The Hall–Kier alpha value is -2.37. The Balaban J connectivity index is 3.28. The molecule has 1 unspecified atom stereocenters. The second-order valence-corrected chi connectivity index (χ2v) is 3.57. The normalized spacial score (nSPS) is 11.0. The third-order valence-corrected chi connectivity index (χ3v) is 2.58. The number of nitriles is 1. The Bertz CT molecular complexity index is 515. The van der Waals surface area contributed by atoms with Gasteiger partial charge in [-0.05, 0) is 12.1 Å². The summed E-state index contributed by atoms with van der Waals surface area (Å²) in [5.74, 6) is 3.88. The van der Waals surface area contributed by atoms with Crippen molar-refractivity contribution >= 4 is 0 Å². The molecule has 1 rings (SSSR count). The van der Waals surface area contributed by atoms with Crippen LogP contribution in [0.2, 0.25) is 0 Å². The highest BCUT2D eigenvalue weighted by atomic mass is 16.5. The molecule has 1 N–H and O–H groups in total. The van der Waals surface area contributed by atoms with Gasteiger partial charge < -0.3 is 14.2 Å². The highest BCUT2D eigenvalue weighted by Crippen LogP contribution is 2.41. The predicted octanol–water partition coefficient (Wildman–Crippen LogP) is 1.50. The van der Waals surface area contributed by atoms with Gasteiger partial charge in [-0.3, -0.25) is 5.32 Å². The molecule has 0 aliphatic heterocycles. The van der Waals surface area contributed by atoms with Crippen molar-refractivity contribution in [2.45, 2.75) is 6.04 Å². The zero-order chi connectivity index (χ0) is 14.3. The van der Waals surface area contributed by atoms with E-state index in [4.69, 9.17) is 20.6 Å². The van der Waals surface area contributed by atoms with Gasteiger partial charge in [0.1, 0.15) is 6.04 Å². The fraction of sp³-hybridized carbons (Fsp3) is 0.357. The fourth-order valence-corrected chi connectivity index (χ4v) is 1.74. The van der Waals surface area contributed by atoms with Gasteiger partial charge in [-0.1, -0.05) is 5.92 Å². The number of nitrogens with zero attached hydrogens (tertiary/aromatic N) is 1. The number of benzene rings is 1. The van der Waals surface area contributed by atoms with Crippen LogP contribution >= 0.6 is 0 Å². The summed E-state index contributed by atoms with van der Waals surface area (Å²) in [4.78, 5) is 0. The van der Waals surface area contributed by atoms with Gasteiger partial charge in [-0.2, -0.15) is 5.26 Å². The molecular weight excluding hydrogens is 244 g/mol. The Morgan fingerprint density at radius 3 is 2.37 bits per heavy atom. The summed E-state index contributed by atoms with van der Waals surface area (Å²) in [6.45, 7) is 0.287. The molecule has 0 aromatic heterocycles. The maximum atomic E-state index is 9.21. The van der Waals surface area contributed by atoms with E-state index in [2.05, 4.69) is 17.3 Å². The van der Waals surface area contributed by atoms with Gasteiger partial charge in [0.2, 0.25) is 5.75 Å². The minimum Gasteiger partial charge on any atom is -0.493 e. The van der Waals surface area contributed by atoms with Crippen LogP contribution in [0.25, 0.3) is 0 Å². The van der Waals surface area contributed by atoms with E-state index in [1.165, 1.54) is 21.3 Å². The van der Waals surface area contributed by atoms with Crippen LogP contribution in [0.15, 0.2) is 12.1 Å². The number of terminal acetylenes is 1. The highest BCUT2D eigenvalue weighted by molar-refractivity contribution is 5.57. The number of nitrogens with one attached hydrogen (secondary N) is 1. The number of methoxy groups -OCH3 is 3. The first-order valence-electron chi connectivity index (χ1n) is 5.58. The second kappa shape index (κ2) is 7.15. The van der Waals surface area contributed by atoms with Crippen molar-refractivity contribution in [2.24, 2.45) is 0 Å². The van der Waals surface area contributed by atoms with Gasteiger partial charge in [0.05, 0.1) is 33.9 Å². The molecule has 100 valence electrons. The number of ether oxygens (including phenoxy) is 3. The van der Waals surface area contributed by atoms with Crippen LogP contribution in [-0.4, -0.2) is 27.9 Å². The van der Waals surface area contributed by atoms with Crippen molar-refractivity contribution in [2.75, 3.05) is 27.9 Å². The van der Waals surface area contributed by atoms with Crippen molar-refractivity contribution in [1.29, 1.82) is 5.26 Å². The zero-order valence-electron chi connectivity index (χ0n) is 11.2. The van der Waals surface area contributed by atoms with Crippen LogP contribution in [0.4, 0.5) is 0 Å². The largest absolute Gasteiger partial charge is 0.493 e. The van der Waals surface area contributed by atoms with E-state index in [0.29, 0.717) is 22.8 Å². The van der Waals surface area contributed by atoms with E-state index in [1.807, 2.05) is 0 Å². The lowest BCUT2D eigenvalue weighted by Crippen LogP contribution is -2.20. The first-order chi connectivity index (χ1) is 9.23. The molecule has 0 aliphatic carbocycles. The van der Waals surface area contributed by atoms with E-state index in [9.17, 15) is 5.26 Å². The number of hydrogen-bond donors (Lipinski definition) is 1. The van der Waals surface area contributed by atoms with Crippen molar-refractivity contribution in [3.63, 3.8) is 0 Å². The summed E-state index contributed by atoms with van der Waals surface area (Å²) in [5, 5.41) is 12.1. The number of rotatable bonds is 6. The number of hydrogen-bond acceptors (Lipinski definition) is 5. The molecule has 0 saturated carbocycles. The molecule has 0 radical (unpaired) electrons. The Labute approximate surface area is 113 Å². The van der Waals surface area contributed by atoms with Crippen LogP contribution in [0, 0.1) is 23.7 Å². The molecule has 1 aromatic rings. The first-order valence-corrected chi connectivity index (χ1v) is 5.58. The third-order valence-electron chi connectivity index (χ3n) is 2.58. The molecule has 0 amide bonds. The van der Waals surface area contributed by atoms with E-state index in [0.717, 1.165) is 0 Å². The van der Waals surface area contributed by atoms with Crippen molar-refractivity contribution in [3.05, 3.63) is 17.7 Å². The average molecular weight is 260 g/mol. The van der Waals surface area contributed by atoms with Crippen LogP contribution in [0.5, 0.6) is 17.2 Å². The molecule has 5 heteroatoms. The lowest BCUT2D eigenvalue weighted by molar-refractivity contribution is 0.321. The van der Waals surface area contributed by atoms with Gasteiger partial charge in [0.25, 0.3) is 0 Å². The van der Waals surface area contributed by atoms with Crippen LogP contribution in [-0.2, 0) is 0 Å². The maximum absolute atomic E-state index is 9.21. The topological polar surface area (TPSA) is 63.5 Å². The highest BCUT2D eigenvalue weighted by Gasteiger charge is 2.21. The SMILES string of the molecule is C#CCNC(C#N)c1ccc(OC)c(OC)c1OC. The molecule has 19 heavy (non-hydrogen) atoms. The molecule has 1 atom stereocenters. The monoisotopic (exact) mass is 260 g/mol. The van der Waals surface area contributed by atoms with Gasteiger partial charge in [0, 0.05) is 5.56 Å². The first kappa shape index (κ1) is 14.7. The molecule has 0 bridgehead atoms. The maximum Gasteiger partial charge on any atom is 0.203 e. The van der Waals surface area contributed by atoms with E-state index >= 15 is 0 Å². The summed E-state index contributed by atoms with van der Waals surface area (Å²) in [6.07, 6.45) is 5.18. The minimum absolute atomic E-state index is 0.287. The summed E-state index contributed by atoms with van der Waals surface area (Å²) in [6, 6.07) is 5.02. The third kappa shape index (κ3) is 3.09. The van der Waals surface area contributed by atoms with Crippen molar-refractivity contribution in [1.82, 2.24) is 5.32 Å². The Kier molecular flexibility index (Phi) is 5.53. The van der Waals surface area contributed by atoms with Gasteiger partial charge >= 0.3 is 0 Å². The summed E-state index contributed by atoms with van der Waals surface area (Å²) in [7, 11) is 4.56. The van der Waals surface area contributed by atoms with Gasteiger partial charge in [0.15, 0.2) is 11.5 Å². The second-order valence-electron chi connectivity index (χ2n) is 3.57. The molecule has 0 saturated heterocycles. The van der Waals surface area contributed by atoms with Crippen molar-refractivity contribution < 1.29 is 14.2 Å². The lowest BCUT2D eigenvalue weighted by atomic mass is 10.1. The summed E-state index contributed by atoms with van der Waals surface area (Å²) in [5.41, 5.74) is 0.651. The lowest BCUT2D eigenvalue weighted by Gasteiger charge is -2.18. The van der Waals surface area contributed by atoms with Gasteiger partial charge in [-0.15, -0.1) is 6.42 Å². The van der Waals surface area contributed by atoms with Crippen LogP contribution < -0.4 is 19.5 Å². The average Bonchev–Trinajstić information content (AvgIpc) is 2.46. The zero-order valence-corrected chi connectivity index (χ0v) is 11.2. The molecule has 0 fully saturated rings. The molecule has 0 spiro atoms. The standard InChI is InChI=1S/C14H16N2O3/c1-5-8-16-11(9-15)10-6-7-12(17-2)14(19-4)13(10)18-3/h1,6-7,11,16H,8H2,2-4H3. The Morgan fingerprint density at radius 2 is 1.89 bits per heavy atom. The molecule has 0 aliphatic rings. The molecular formula is C14H16N2O3. The molecule has 5 nitrogen and oxygen atoms in total. The summed E-state index contributed by atoms with van der Waals surface area (Å²) >= 11 is 0. The van der Waals surface area contributed by atoms with E-state index < -0.39 is 6.04 Å². The van der Waals surface area contributed by atoms with Crippen LogP contribution in [0.3, 0.4) is 0 Å². The van der Waals surface area contributed by atoms with E-state index in [-0.39, 0.29) is 6.54 Å². The van der Waals surface area contributed by atoms with Crippen molar-refractivity contribution in [3.8, 4) is 35.7 Å². The Morgan fingerprint density at radius 1 is 1.21 bits per heavy atom. The molecule has 0 heterocycles. The van der Waals surface area contributed by atoms with E-state index in [1.54, 1.807) is 12.1 Å². The summed E-state index contributed by atoms with van der Waals surface area (Å²) < 4.78 is 15.8. The minimum atomic E-state index is -0.578. The fourth-order valence-electron chi connectivity index (χ4n) is 1.74. The quantitative estimate of drug-likeness (QED) is 0.785. The molecule has 1 aromatic carbocycles. The van der Waals surface area contributed by atoms with Crippen LogP contribution in [0.1, 0.15) is 11.6 Å². The predicted molar refractivity (Wildman–Crippen MR) is 71.3 cm³/mol. The van der Waals surface area contributed by atoms with Gasteiger partial charge in [-0.25, -0.2) is 0 Å².